The molecular formula is C15H21N3O2. The van der Waals surface area contributed by atoms with Gasteiger partial charge in [0.25, 0.3) is 0 Å². The molecule has 1 aromatic heterocycles. The minimum absolute atomic E-state index is 0.117. The number of nitrogens with zero attached hydrogens (tertiary/aromatic N) is 2. The van der Waals surface area contributed by atoms with Gasteiger partial charge in [0.2, 0.25) is 5.89 Å². The highest BCUT2D eigenvalue weighted by molar-refractivity contribution is 5.35. The smallest absolute Gasteiger partial charge is 0.244 e. The fourth-order valence-electron chi connectivity index (χ4n) is 1.86. The number of methoxy groups -OCH3 is 1. The van der Waals surface area contributed by atoms with Crippen LogP contribution in [0, 0.1) is 5.41 Å². The Balaban J connectivity index is 2.18. The van der Waals surface area contributed by atoms with E-state index in [2.05, 4.69) is 10.1 Å². The standard InChI is InChI=1S/C15H21N3O2/c1-15(2,3)13(16)14-17-12(18-20-14)9-10-7-5-6-8-11(10)19-4/h5-8,13H,9,16H2,1-4H3. The maximum Gasteiger partial charge on any atom is 0.244 e. The van der Waals surface area contributed by atoms with Crippen LogP contribution in [0.15, 0.2) is 28.8 Å². The van der Waals surface area contributed by atoms with Crippen molar-refractivity contribution in [2.75, 3.05) is 7.11 Å². The first-order valence-electron chi connectivity index (χ1n) is 6.62. The molecule has 5 heteroatoms. The number of hydrogen-bond acceptors (Lipinski definition) is 5. The zero-order chi connectivity index (χ0) is 14.8. The van der Waals surface area contributed by atoms with Crippen molar-refractivity contribution in [1.29, 1.82) is 0 Å². The average Bonchev–Trinajstić information content (AvgIpc) is 2.86. The second-order valence-corrected chi connectivity index (χ2v) is 5.88. The monoisotopic (exact) mass is 275 g/mol. The molecule has 1 aromatic carbocycles. The van der Waals surface area contributed by atoms with Crippen LogP contribution in [0.3, 0.4) is 0 Å². The van der Waals surface area contributed by atoms with Crippen LogP contribution in [0.2, 0.25) is 0 Å². The van der Waals surface area contributed by atoms with Gasteiger partial charge in [-0.3, -0.25) is 0 Å². The third-order valence-electron chi connectivity index (χ3n) is 3.22. The summed E-state index contributed by atoms with van der Waals surface area (Å²) in [6.07, 6.45) is 0.560. The van der Waals surface area contributed by atoms with Gasteiger partial charge in [-0.05, 0) is 11.5 Å². The molecule has 1 unspecified atom stereocenters. The predicted molar refractivity (Wildman–Crippen MR) is 76.5 cm³/mol. The normalized spacial score (nSPS) is 13.2. The Hall–Kier alpha value is -1.88. The summed E-state index contributed by atoms with van der Waals surface area (Å²) in [5, 5.41) is 4.00. The van der Waals surface area contributed by atoms with E-state index in [0.29, 0.717) is 18.1 Å². The number of benzene rings is 1. The number of rotatable bonds is 4. The van der Waals surface area contributed by atoms with Crippen LogP contribution in [-0.4, -0.2) is 17.3 Å². The van der Waals surface area contributed by atoms with E-state index in [0.717, 1.165) is 11.3 Å². The fourth-order valence-corrected chi connectivity index (χ4v) is 1.86. The first-order chi connectivity index (χ1) is 9.41. The molecule has 0 radical (unpaired) electrons. The number of ether oxygens (including phenoxy) is 1. The molecule has 1 atom stereocenters. The minimum Gasteiger partial charge on any atom is -0.496 e. The van der Waals surface area contributed by atoms with Crippen molar-refractivity contribution in [3.05, 3.63) is 41.5 Å². The van der Waals surface area contributed by atoms with E-state index in [4.69, 9.17) is 15.0 Å². The molecule has 20 heavy (non-hydrogen) atoms. The SMILES string of the molecule is COc1ccccc1Cc1noc(C(N)C(C)(C)C)n1. The maximum atomic E-state index is 6.11. The molecule has 0 aliphatic heterocycles. The predicted octanol–water partition coefficient (Wildman–Crippen LogP) is 2.71. The van der Waals surface area contributed by atoms with Gasteiger partial charge in [-0.15, -0.1) is 0 Å². The molecule has 108 valence electrons. The summed E-state index contributed by atoms with van der Waals surface area (Å²) in [6.45, 7) is 6.13. The van der Waals surface area contributed by atoms with E-state index in [1.807, 2.05) is 45.0 Å². The zero-order valence-corrected chi connectivity index (χ0v) is 12.4. The Morgan fingerprint density at radius 3 is 2.65 bits per heavy atom. The molecule has 5 nitrogen and oxygen atoms in total. The van der Waals surface area contributed by atoms with Crippen molar-refractivity contribution in [3.63, 3.8) is 0 Å². The Bertz CT molecular complexity index is 572. The Labute approximate surface area is 119 Å². The highest BCUT2D eigenvalue weighted by Gasteiger charge is 2.27. The lowest BCUT2D eigenvalue weighted by Gasteiger charge is -2.23. The Kier molecular flexibility index (Phi) is 4.09. The zero-order valence-electron chi connectivity index (χ0n) is 12.4. The quantitative estimate of drug-likeness (QED) is 0.928. The molecular weight excluding hydrogens is 254 g/mol. The first-order valence-corrected chi connectivity index (χ1v) is 6.62. The number of hydrogen-bond donors (Lipinski definition) is 1. The molecule has 0 saturated heterocycles. The summed E-state index contributed by atoms with van der Waals surface area (Å²) < 4.78 is 10.6. The van der Waals surface area contributed by atoms with Crippen molar-refractivity contribution in [2.24, 2.45) is 11.1 Å². The summed E-state index contributed by atoms with van der Waals surface area (Å²) >= 11 is 0. The van der Waals surface area contributed by atoms with Crippen LogP contribution in [0.1, 0.15) is 44.1 Å². The molecule has 2 aromatic rings. The van der Waals surface area contributed by atoms with Gasteiger partial charge in [-0.2, -0.15) is 4.98 Å². The van der Waals surface area contributed by atoms with Gasteiger partial charge < -0.3 is 15.0 Å². The molecule has 0 spiro atoms. The lowest BCUT2D eigenvalue weighted by Crippen LogP contribution is -2.26. The Morgan fingerprint density at radius 2 is 2.00 bits per heavy atom. The molecule has 0 bridgehead atoms. The molecule has 2 rings (SSSR count). The summed E-state index contributed by atoms with van der Waals surface area (Å²) in [7, 11) is 1.65. The van der Waals surface area contributed by atoms with Crippen molar-refractivity contribution < 1.29 is 9.26 Å². The van der Waals surface area contributed by atoms with Gasteiger partial charge in [0.05, 0.1) is 13.2 Å². The van der Waals surface area contributed by atoms with E-state index >= 15 is 0 Å². The van der Waals surface area contributed by atoms with E-state index < -0.39 is 0 Å². The second kappa shape index (κ2) is 5.63. The van der Waals surface area contributed by atoms with Crippen molar-refractivity contribution in [1.82, 2.24) is 10.1 Å². The highest BCUT2D eigenvalue weighted by atomic mass is 16.5. The molecule has 0 aliphatic rings. The highest BCUT2D eigenvalue weighted by Crippen LogP contribution is 2.29. The van der Waals surface area contributed by atoms with E-state index in [9.17, 15) is 0 Å². The fraction of sp³-hybridized carbons (Fsp3) is 0.467. The molecule has 0 fully saturated rings. The van der Waals surface area contributed by atoms with Crippen LogP contribution in [0.25, 0.3) is 0 Å². The summed E-state index contributed by atoms with van der Waals surface area (Å²) in [6, 6.07) is 7.51. The van der Waals surface area contributed by atoms with E-state index in [1.165, 1.54) is 0 Å². The summed E-state index contributed by atoms with van der Waals surface area (Å²) in [5.74, 6) is 1.91. The van der Waals surface area contributed by atoms with Crippen LogP contribution in [0.5, 0.6) is 5.75 Å². The van der Waals surface area contributed by atoms with Crippen molar-refractivity contribution in [3.8, 4) is 5.75 Å². The molecule has 2 N–H and O–H groups in total. The minimum atomic E-state index is -0.276. The van der Waals surface area contributed by atoms with Crippen LogP contribution < -0.4 is 10.5 Å². The average molecular weight is 275 g/mol. The number of nitrogens with two attached hydrogens (primary N) is 1. The van der Waals surface area contributed by atoms with Crippen molar-refractivity contribution in [2.45, 2.75) is 33.2 Å². The number of aromatic nitrogens is 2. The molecule has 0 saturated carbocycles. The first kappa shape index (κ1) is 14.5. The van der Waals surface area contributed by atoms with Gasteiger partial charge >= 0.3 is 0 Å². The van der Waals surface area contributed by atoms with Crippen LogP contribution >= 0.6 is 0 Å². The topological polar surface area (TPSA) is 74.2 Å². The van der Waals surface area contributed by atoms with Gasteiger partial charge in [0.1, 0.15) is 5.75 Å². The van der Waals surface area contributed by atoms with E-state index in [1.54, 1.807) is 7.11 Å². The summed E-state index contributed by atoms with van der Waals surface area (Å²) in [5.41, 5.74) is 7.02. The van der Waals surface area contributed by atoms with Gasteiger partial charge in [0, 0.05) is 12.0 Å². The van der Waals surface area contributed by atoms with Crippen molar-refractivity contribution >= 4 is 0 Å². The third-order valence-corrected chi connectivity index (χ3v) is 3.22. The molecule has 0 aliphatic carbocycles. The Morgan fingerprint density at radius 1 is 1.30 bits per heavy atom. The lowest BCUT2D eigenvalue weighted by atomic mass is 9.87. The van der Waals surface area contributed by atoms with E-state index in [-0.39, 0.29) is 11.5 Å². The second-order valence-electron chi connectivity index (χ2n) is 5.88. The summed E-state index contributed by atoms with van der Waals surface area (Å²) in [4.78, 5) is 4.39. The van der Waals surface area contributed by atoms with Gasteiger partial charge in [0.15, 0.2) is 5.82 Å². The number of para-hydroxylation sites is 1. The maximum absolute atomic E-state index is 6.11. The van der Waals surface area contributed by atoms with Crippen LogP contribution in [-0.2, 0) is 6.42 Å². The van der Waals surface area contributed by atoms with Gasteiger partial charge in [-0.25, -0.2) is 0 Å². The van der Waals surface area contributed by atoms with Crippen LogP contribution in [0.4, 0.5) is 0 Å². The van der Waals surface area contributed by atoms with Gasteiger partial charge in [-0.1, -0.05) is 44.1 Å². The molecule has 1 heterocycles. The largest absolute Gasteiger partial charge is 0.496 e. The lowest BCUT2D eigenvalue weighted by molar-refractivity contribution is 0.252. The third kappa shape index (κ3) is 3.17. The molecule has 0 amide bonds.